The smallest absolute Gasteiger partial charge is 0.230 e. The zero-order chi connectivity index (χ0) is 18.8. The lowest BCUT2D eigenvalue weighted by atomic mass is 10.1. The number of hydrogen-bond acceptors (Lipinski definition) is 4. The number of hydrogen-bond donors (Lipinski definition) is 1. The summed E-state index contributed by atoms with van der Waals surface area (Å²) < 4.78 is 1.76. The van der Waals surface area contributed by atoms with Crippen molar-refractivity contribution in [1.82, 2.24) is 9.78 Å². The molecule has 0 radical (unpaired) electrons. The number of carbonyl (C=O) groups excluding carboxylic acids is 2. The molecule has 2 amide bonds. The molecule has 1 atom stereocenters. The molecule has 6 nitrogen and oxygen atoms in total. The Labute approximate surface area is 161 Å². The summed E-state index contributed by atoms with van der Waals surface area (Å²) in [5.74, 6) is 0.107. The first-order chi connectivity index (χ1) is 13.1. The standard InChI is InChI=1S/C20H20N4O2S/c1-14-4-6-16(7-5-14)23-12-15(11-19(23)25)20(26)22-18-8-9-21-24(18)13-17-3-2-10-27-17/h2-10,15H,11-13H2,1H3,(H,22,26)/t15-/m1/s1. The number of anilines is 2. The van der Waals surface area contributed by atoms with Crippen molar-refractivity contribution in [1.29, 1.82) is 0 Å². The maximum absolute atomic E-state index is 12.7. The first-order valence-electron chi connectivity index (χ1n) is 8.82. The Kier molecular flexibility index (Phi) is 4.77. The van der Waals surface area contributed by atoms with Gasteiger partial charge in [-0.05, 0) is 30.5 Å². The van der Waals surface area contributed by atoms with E-state index >= 15 is 0 Å². The van der Waals surface area contributed by atoms with Crippen LogP contribution in [0.15, 0.2) is 54.0 Å². The van der Waals surface area contributed by atoms with Gasteiger partial charge in [0.2, 0.25) is 11.8 Å². The third kappa shape index (κ3) is 3.78. The molecule has 27 heavy (non-hydrogen) atoms. The van der Waals surface area contributed by atoms with Gasteiger partial charge >= 0.3 is 0 Å². The molecule has 1 aromatic carbocycles. The molecule has 1 fully saturated rings. The molecule has 1 saturated heterocycles. The van der Waals surface area contributed by atoms with Gasteiger partial charge < -0.3 is 10.2 Å². The monoisotopic (exact) mass is 380 g/mol. The van der Waals surface area contributed by atoms with E-state index in [0.29, 0.717) is 18.9 Å². The Morgan fingerprint density at radius 2 is 2.07 bits per heavy atom. The average molecular weight is 380 g/mol. The van der Waals surface area contributed by atoms with Crippen LogP contribution in [0.25, 0.3) is 0 Å². The quantitative estimate of drug-likeness (QED) is 0.739. The SMILES string of the molecule is Cc1ccc(N2C[C@H](C(=O)Nc3ccnn3Cc3cccs3)CC2=O)cc1. The molecule has 0 spiro atoms. The first kappa shape index (κ1) is 17.5. The number of carbonyl (C=O) groups is 2. The Balaban J connectivity index is 1.43. The lowest BCUT2D eigenvalue weighted by Crippen LogP contribution is -2.28. The molecule has 0 bridgehead atoms. The number of amides is 2. The molecular formula is C20H20N4O2S. The summed E-state index contributed by atoms with van der Waals surface area (Å²) in [6.07, 6.45) is 1.89. The third-order valence-electron chi connectivity index (χ3n) is 4.69. The Hall–Kier alpha value is -2.93. The van der Waals surface area contributed by atoms with Crippen LogP contribution >= 0.6 is 11.3 Å². The summed E-state index contributed by atoms with van der Waals surface area (Å²) in [6, 6.07) is 13.6. The first-order valence-corrected chi connectivity index (χ1v) is 9.70. The van der Waals surface area contributed by atoms with Crippen LogP contribution in [0.4, 0.5) is 11.5 Å². The molecule has 1 aliphatic rings. The molecule has 0 saturated carbocycles. The van der Waals surface area contributed by atoms with Crippen LogP contribution in [0.5, 0.6) is 0 Å². The predicted molar refractivity (Wildman–Crippen MR) is 106 cm³/mol. The lowest BCUT2D eigenvalue weighted by Gasteiger charge is -2.17. The molecule has 0 unspecified atom stereocenters. The minimum Gasteiger partial charge on any atom is -0.312 e. The van der Waals surface area contributed by atoms with Gasteiger partial charge in [0.05, 0.1) is 18.7 Å². The van der Waals surface area contributed by atoms with Gasteiger partial charge in [0, 0.05) is 29.6 Å². The van der Waals surface area contributed by atoms with E-state index in [1.807, 2.05) is 48.7 Å². The highest BCUT2D eigenvalue weighted by Crippen LogP contribution is 2.26. The van der Waals surface area contributed by atoms with Crippen LogP contribution in [-0.4, -0.2) is 28.1 Å². The maximum atomic E-state index is 12.7. The van der Waals surface area contributed by atoms with Crippen molar-refractivity contribution in [3.63, 3.8) is 0 Å². The third-order valence-corrected chi connectivity index (χ3v) is 5.56. The van der Waals surface area contributed by atoms with Gasteiger partial charge in [-0.3, -0.25) is 9.59 Å². The van der Waals surface area contributed by atoms with Crippen molar-refractivity contribution in [3.8, 4) is 0 Å². The van der Waals surface area contributed by atoms with Crippen molar-refractivity contribution in [3.05, 3.63) is 64.5 Å². The summed E-state index contributed by atoms with van der Waals surface area (Å²) >= 11 is 1.65. The number of rotatable bonds is 5. The van der Waals surface area contributed by atoms with Crippen molar-refractivity contribution >= 4 is 34.7 Å². The van der Waals surface area contributed by atoms with Gasteiger partial charge in [-0.25, -0.2) is 4.68 Å². The van der Waals surface area contributed by atoms with Crippen LogP contribution < -0.4 is 10.2 Å². The van der Waals surface area contributed by atoms with Gasteiger partial charge in [-0.2, -0.15) is 5.10 Å². The van der Waals surface area contributed by atoms with Crippen molar-refractivity contribution in [2.24, 2.45) is 5.92 Å². The van der Waals surface area contributed by atoms with Crippen LogP contribution in [0.2, 0.25) is 0 Å². The van der Waals surface area contributed by atoms with Gasteiger partial charge in [-0.15, -0.1) is 11.3 Å². The Bertz CT molecular complexity index is 947. The molecule has 4 rings (SSSR count). The Morgan fingerprint density at radius 3 is 2.81 bits per heavy atom. The zero-order valence-corrected chi connectivity index (χ0v) is 15.8. The summed E-state index contributed by atoms with van der Waals surface area (Å²) in [7, 11) is 0. The molecular weight excluding hydrogens is 360 g/mol. The second-order valence-corrected chi connectivity index (χ2v) is 7.72. The largest absolute Gasteiger partial charge is 0.312 e. The number of aryl methyl sites for hydroxylation is 1. The highest BCUT2D eigenvalue weighted by molar-refractivity contribution is 7.09. The highest BCUT2D eigenvalue weighted by atomic mass is 32.1. The van der Waals surface area contributed by atoms with E-state index < -0.39 is 0 Å². The number of aromatic nitrogens is 2. The average Bonchev–Trinajstić information content (AvgIpc) is 3.39. The topological polar surface area (TPSA) is 67.2 Å². The summed E-state index contributed by atoms with van der Waals surface area (Å²) in [4.78, 5) is 28.0. The van der Waals surface area contributed by atoms with Crippen molar-refractivity contribution in [2.45, 2.75) is 19.9 Å². The van der Waals surface area contributed by atoms with Crippen LogP contribution in [0.3, 0.4) is 0 Å². The van der Waals surface area contributed by atoms with Gasteiger partial charge in [0.1, 0.15) is 5.82 Å². The maximum Gasteiger partial charge on any atom is 0.230 e. The lowest BCUT2D eigenvalue weighted by molar-refractivity contribution is -0.122. The molecule has 0 aliphatic carbocycles. The van der Waals surface area contributed by atoms with E-state index in [0.717, 1.165) is 16.1 Å². The van der Waals surface area contributed by atoms with Crippen LogP contribution in [0.1, 0.15) is 16.9 Å². The normalized spacial score (nSPS) is 16.7. The number of nitrogens with one attached hydrogen (secondary N) is 1. The zero-order valence-electron chi connectivity index (χ0n) is 15.0. The second kappa shape index (κ2) is 7.36. The van der Waals surface area contributed by atoms with E-state index in [2.05, 4.69) is 10.4 Å². The van der Waals surface area contributed by atoms with E-state index in [1.165, 1.54) is 0 Å². The van der Waals surface area contributed by atoms with Crippen LogP contribution in [0, 0.1) is 12.8 Å². The fraction of sp³-hybridized carbons (Fsp3) is 0.250. The molecule has 1 aliphatic heterocycles. The molecule has 3 heterocycles. The minimum absolute atomic E-state index is 0.0221. The molecule has 1 N–H and O–H groups in total. The minimum atomic E-state index is -0.371. The van der Waals surface area contributed by atoms with E-state index in [9.17, 15) is 9.59 Å². The van der Waals surface area contributed by atoms with Gasteiger partial charge in [0.25, 0.3) is 0 Å². The summed E-state index contributed by atoms with van der Waals surface area (Å²) in [5.41, 5.74) is 1.97. The van der Waals surface area contributed by atoms with Crippen molar-refractivity contribution < 1.29 is 9.59 Å². The number of nitrogens with zero attached hydrogens (tertiary/aromatic N) is 3. The summed E-state index contributed by atoms with van der Waals surface area (Å²) in [5, 5.41) is 9.24. The van der Waals surface area contributed by atoms with E-state index in [-0.39, 0.29) is 24.2 Å². The fourth-order valence-electron chi connectivity index (χ4n) is 3.20. The Morgan fingerprint density at radius 1 is 1.26 bits per heavy atom. The molecule has 3 aromatic rings. The number of benzene rings is 1. The second-order valence-electron chi connectivity index (χ2n) is 6.68. The van der Waals surface area contributed by atoms with Gasteiger partial charge in [-0.1, -0.05) is 23.8 Å². The molecule has 7 heteroatoms. The van der Waals surface area contributed by atoms with Crippen LogP contribution in [-0.2, 0) is 16.1 Å². The van der Waals surface area contributed by atoms with Crippen molar-refractivity contribution in [2.75, 3.05) is 16.8 Å². The molecule has 138 valence electrons. The summed E-state index contributed by atoms with van der Waals surface area (Å²) in [6.45, 7) is 3.01. The predicted octanol–water partition coefficient (Wildman–Crippen LogP) is 3.29. The number of thiophene rings is 1. The van der Waals surface area contributed by atoms with Gasteiger partial charge in [0.15, 0.2) is 0 Å². The fourth-order valence-corrected chi connectivity index (χ4v) is 3.89. The molecule has 2 aromatic heterocycles. The van der Waals surface area contributed by atoms with E-state index in [1.54, 1.807) is 33.2 Å². The van der Waals surface area contributed by atoms with E-state index in [4.69, 9.17) is 0 Å². The highest BCUT2D eigenvalue weighted by Gasteiger charge is 2.35.